The maximum absolute atomic E-state index is 13.1. The van der Waals surface area contributed by atoms with Crippen molar-refractivity contribution < 1.29 is 17.9 Å². The van der Waals surface area contributed by atoms with Crippen LogP contribution in [0.4, 0.5) is 0 Å². The standard InChI is InChI=1S/C21H23ClN2O4S/c22-17-6-8-18(9-7-17)29(26,27)23-20(16-4-2-1-3-5-16)21(25)28-19-14-24-12-10-15(19)11-13-24/h1-9,15,19-20,23H,10-14H2/t19-,20?/m0/s1. The second-order valence-corrected chi connectivity index (χ2v) is 9.68. The normalized spacial score (nSPS) is 24.8. The van der Waals surface area contributed by atoms with Gasteiger partial charge in [0, 0.05) is 11.6 Å². The first-order chi connectivity index (χ1) is 13.9. The third-order valence-electron chi connectivity index (χ3n) is 5.63. The van der Waals surface area contributed by atoms with Crippen LogP contribution < -0.4 is 4.72 Å². The van der Waals surface area contributed by atoms with Crippen LogP contribution in [0.25, 0.3) is 0 Å². The number of benzene rings is 2. The molecule has 0 saturated carbocycles. The average molecular weight is 435 g/mol. The maximum atomic E-state index is 13.1. The largest absolute Gasteiger partial charge is 0.459 e. The molecule has 1 unspecified atom stereocenters. The van der Waals surface area contributed by atoms with Gasteiger partial charge in [0.1, 0.15) is 12.1 Å². The van der Waals surface area contributed by atoms with Gasteiger partial charge < -0.3 is 4.74 Å². The molecular weight excluding hydrogens is 412 g/mol. The van der Waals surface area contributed by atoms with Crippen LogP contribution in [0, 0.1) is 5.92 Å². The van der Waals surface area contributed by atoms with E-state index in [0.29, 0.717) is 23.0 Å². The molecule has 154 valence electrons. The Morgan fingerprint density at radius 2 is 1.72 bits per heavy atom. The molecule has 2 aromatic carbocycles. The Hall–Kier alpha value is -1.93. The molecule has 0 radical (unpaired) electrons. The van der Waals surface area contributed by atoms with Gasteiger partial charge in [-0.25, -0.2) is 13.2 Å². The fourth-order valence-electron chi connectivity index (χ4n) is 4.00. The molecule has 3 heterocycles. The first kappa shape index (κ1) is 20.3. The average Bonchev–Trinajstić information content (AvgIpc) is 2.74. The number of rotatable bonds is 6. The van der Waals surface area contributed by atoms with Crippen molar-refractivity contribution in [3.8, 4) is 0 Å². The molecule has 0 amide bonds. The molecule has 2 atom stereocenters. The molecule has 3 saturated heterocycles. The molecule has 3 aliphatic rings. The van der Waals surface area contributed by atoms with E-state index in [1.807, 2.05) is 6.07 Å². The predicted octanol–water partition coefficient (Wildman–Crippen LogP) is 3.00. The second-order valence-electron chi connectivity index (χ2n) is 7.53. The molecule has 3 fully saturated rings. The molecule has 0 aliphatic carbocycles. The molecule has 2 aromatic rings. The van der Waals surface area contributed by atoms with Gasteiger partial charge in [-0.05, 0) is 61.7 Å². The molecule has 8 heteroatoms. The summed E-state index contributed by atoms with van der Waals surface area (Å²) in [4.78, 5) is 15.4. The Labute approximate surface area is 175 Å². The van der Waals surface area contributed by atoms with Gasteiger partial charge in [-0.15, -0.1) is 0 Å². The summed E-state index contributed by atoms with van der Waals surface area (Å²) in [6.07, 6.45) is 1.81. The topological polar surface area (TPSA) is 75.7 Å². The van der Waals surface area contributed by atoms with Crippen LogP contribution in [0.1, 0.15) is 24.4 Å². The maximum Gasteiger partial charge on any atom is 0.329 e. The first-order valence-electron chi connectivity index (χ1n) is 9.68. The Morgan fingerprint density at radius 1 is 1.07 bits per heavy atom. The van der Waals surface area contributed by atoms with Crippen LogP contribution in [0.15, 0.2) is 59.5 Å². The van der Waals surface area contributed by atoms with Gasteiger partial charge in [-0.1, -0.05) is 41.9 Å². The van der Waals surface area contributed by atoms with E-state index in [4.69, 9.17) is 16.3 Å². The van der Waals surface area contributed by atoms with E-state index in [0.717, 1.165) is 25.9 Å². The molecule has 1 N–H and O–H groups in total. The van der Waals surface area contributed by atoms with Gasteiger partial charge in [0.05, 0.1) is 4.90 Å². The van der Waals surface area contributed by atoms with Gasteiger partial charge >= 0.3 is 5.97 Å². The zero-order valence-electron chi connectivity index (χ0n) is 15.8. The lowest BCUT2D eigenvalue weighted by Crippen LogP contribution is -2.52. The number of ether oxygens (including phenoxy) is 1. The highest BCUT2D eigenvalue weighted by Gasteiger charge is 2.38. The van der Waals surface area contributed by atoms with E-state index in [1.54, 1.807) is 24.3 Å². The minimum absolute atomic E-state index is 0.0402. The molecule has 29 heavy (non-hydrogen) atoms. The highest BCUT2D eigenvalue weighted by Crippen LogP contribution is 2.31. The number of hydrogen-bond acceptors (Lipinski definition) is 5. The van der Waals surface area contributed by atoms with Gasteiger partial charge in [-0.3, -0.25) is 4.90 Å². The number of carbonyl (C=O) groups excluding carboxylic acids is 1. The van der Waals surface area contributed by atoms with Crippen LogP contribution in [0.2, 0.25) is 5.02 Å². The summed E-state index contributed by atoms with van der Waals surface area (Å²) >= 11 is 5.86. The van der Waals surface area contributed by atoms with E-state index in [-0.39, 0.29) is 11.0 Å². The summed E-state index contributed by atoms with van der Waals surface area (Å²) < 4.78 is 34.1. The number of fused-ring (bicyclic) bond motifs is 3. The lowest BCUT2D eigenvalue weighted by atomic mass is 9.86. The zero-order valence-corrected chi connectivity index (χ0v) is 17.4. The van der Waals surface area contributed by atoms with E-state index in [2.05, 4.69) is 9.62 Å². The minimum atomic E-state index is -3.94. The summed E-state index contributed by atoms with van der Waals surface area (Å²) in [5, 5.41) is 0.435. The zero-order chi connectivity index (χ0) is 20.4. The Bertz CT molecular complexity index is 958. The van der Waals surface area contributed by atoms with Crippen molar-refractivity contribution in [3.63, 3.8) is 0 Å². The van der Waals surface area contributed by atoms with Crippen LogP contribution in [0.5, 0.6) is 0 Å². The number of esters is 1. The van der Waals surface area contributed by atoms with Crippen molar-refractivity contribution in [2.45, 2.75) is 29.9 Å². The van der Waals surface area contributed by atoms with Crippen molar-refractivity contribution in [2.24, 2.45) is 5.92 Å². The third-order valence-corrected chi connectivity index (χ3v) is 7.32. The summed E-state index contributed by atoms with van der Waals surface area (Å²) in [5.74, 6) is -0.235. The molecular formula is C21H23ClN2O4S. The van der Waals surface area contributed by atoms with Crippen LogP contribution >= 0.6 is 11.6 Å². The number of nitrogens with zero attached hydrogens (tertiary/aromatic N) is 1. The van der Waals surface area contributed by atoms with E-state index in [1.165, 1.54) is 24.3 Å². The first-order valence-corrected chi connectivity index (χ1v) is 11.5. The number of hydrogen-bond donors (Lipinski definition) is 1. The molecule has 3 aliphatic heterocycles. The summed E-state index contributed by atoms with van der Waals surface area (Å²) in [5.41, 5.74) is 0.538. The van der Waals surface area contributed by atoms with Crippen molar-refractivity contribution in [3.05, 3.63) is 65.2 Å². The van der Waals surface area contributed by atoms with Gasteiger partial charge in [0.15, 0.2) is 0 Å². The van der Waals surface area contributed by atoms with Gasteiger partial charge in [-0.2, -0.15) is 4.72 Å². The van der Waals surface area contributed by atoms with Gasteiger partial charge in [0.25, 0.3) is 0 Å². The SMILES string of the molecule is O=C(O[C@H]1CN2CCC1CC2)C(NS(=O)(=O)c1ccc(Cl)cc1)c1ccccc1. The highest BCUT2D eigenvalue weighted by atomic mass is 35.5. The monoisotopic (exact) mass is 434 g/mol. The second kappa shape index (κ2) is 8.44. The Kier molecular flexibility index (Phi) is 5.92. The fraction of sp³-hybridized carbons (Fsp3) is 0.381. The lowest BCUT2D eigenvalue weighted by Gasteiger charge is -2.44. The predicted molar refractivity (Wildman–Crippen MR) is 110 cm³/mol. The van der Waals surface area contributed by atoms with E-state index in [9.17, 15) is 13.2 Å². The molecule has 2 bridgehead atoms. The minimum Gasteiger partial charge on any atom is -0.459 e. The molecule has 0 spiro atoms. The Morgan fingerprint density at radius 3 is 2.31 bits per heavy atom. The summed E-state index contributed by atoms with van der Waals surface area (Å²) in [7, 11) is -3.94. The van der Waals surface area contributed by atoms with Crippen molar-refractivity contribution >= 4 is 27.6 Å². The number of nitrogens with one attached hydrogen (secondary N) is 1. The summed E-state index contributed by atoms with van der Waals surface area (Å²) in [6.45, 7) is 2.77. The quantitative estimate of drug-likeness (QED) is 0.707. The third kappa shape index (κ3) is 4.64. The van der Waals surface area contributed by atoms with Gasteiger partial charge in [0.2, 0.25) is 10.0 Å². The van der Waals surface area contributed by atoms with E-state index >= 15 is 0 Å². The van der Waals surface area contributed by atoms with Crippen LogP contribution in [-0.4, -0.2) is 45.0 Å². The van der Waals surface area contributed by atoms with E-state index < -0.39 is 22.0 Å². The van der Waals surface area contributed by atoms with Crippen LogP contribution in [-0.2, 0) is 19.6 Å². The summed E-state index contributed by atoms with van der Waals surface area (Å²) in [6, 6.07) is 13.5. The van der Waals surface area contributed by atoms with Crippen molar-refractivity contribution in [1.29, 1.82) is 0 Å². The van der Waals surface area contributed by atoms with Crippen molar-refractivity contribution in [1.82, 2.24) is 9.62 Å². The fourth-order valence-corrected chi connectivity index (χ4v) is 5.30. The number of piperidine rings is 3. The molecule has 6 nitrogen and oxygen atoms in total. The lowest BCUT2D eigenvalue weighted by molar-refractivity contribution is -0.161. The van der Waals surface area contributed by atoms with Crippen LogP contribution in [0.3, 0.4) is 0 Å². The van der Waals surface area contributed by atoms with Crippen molar-refractivity contribution in [2.75, 3.05) is 19.6 Å². The number of halogens is 1. The Balaban J connectivity index is 1.57. The molecule has 0 aromatic heterocycles. The smallest absolute Gasteiger partial charge is 0.329 e. The number of sulfonamides is 1. The highest BCUT2D eigenvalue weighted by molar-refractivity contribution is 7.89. The molecule has 5 rings (SSSR count). The number of carbonyl (C=O) groups is 1.